The number of halogens is 1. The van der Waals surface area contributed by atoms with Crippen LogP contribution in [-0.2, 0) is 20.8 Å². The van der Waals surface area contributed by atoms with Gasteiger partial charge in [0.05, 0.1) is 17.1 Å². The van der Waals surface area contributed by atoms with Crippen molar-refractivity contribution in [3.05, 3.63) is 70.4 Å². The van der Waals surface area contributed by atoms with Crippen molar-refractivity contribution in [1.29, 1.82) is 0 Å². The van der Waals surface area contributed by atoms with Gasteiger partial charge in [0.15, 0.2) is 0 Å². The highest BCUT2D eigenvalue weighted by Crippen LogP contribution is 2.36. The number of carbonyl (C=O) groups is 3. The third-order valence-corrected chi connectivity index (χ3v) is 5.55. The largest absolute Gasteiger partial charge is 0.396 e. The normalized spacial score (nSPS) is 13.9. The average molecular weight is 428 g/mol. The summed E-state index contributed by atoms with van der Waals surface area (Å²) in [5.74, 6) is -1.08. The van der Waals surface area contributed by atoms with Crippen LogP contribution in [0.1, 0.15) is 18.1 Å². The first-order valence-corrected chi connectivity index (χ1v) is 10.4. The van der Waals surface area contributed by atoms with Gasteiger partial charge < -0.3 is 10.4 Å². The average Bonchev–Trinajstić information content (AvgIpc) is 2.95. The number of hydrogen-bond acceptors (Lipinski definition) is 5. The summed E-state index contributed by atoms with van der Waals surface area (Å²) in [5, 5.41) is 11.8. The number of aliphatic hydroxyl groups is 1. The minimum absolute atomic E-state index is 0.125. The Bertz CT molecular complexity index is 987. The Kier molecular flexibility index (Phi) is 7.02. The Balaban J connectivity index is 1.83. The van der Waals surface area contributed by atoms with E-state index in [1.807, 2.05) is 0 Å². The molecule has 2 aromatic carbocycles. The van der Waals surface area contributed by atoms with Gasteiger partial charge in [-0.1, -0.05) is 24.3 Å². The third-order valence-electron chi connectivity index (χ3n) is 4.49. The number of nitrogens with one attached hydrogen (secondary N) is 1. The van der Waals surface area contributed by atoms with Gasteiger partial charge in [-0.25, -0.2) is 4.39 Å². The monoisotopic (exact) mass is 428 g/mol. The van der Waals surface area contributed by atoms with E-state index < -0.39 is 11.8 Å². The zero-order valence-electron chi connectivity index (χ0n) is 16.4. The molecule has 1 aliphatic rings. The molecule has 3 rings (SSSR count). The van der Waals surface area contributed by atoms with Crippen LogP contribution in [0, 0.1) is 5.82 Å². The van der Waals surface area contributed by atoms with Crippen molar-refractivity contribution < 1.29 is 23.9 Å². The van der Waals surface area contributed by atoms with E-state index in [-0.39, 0.29) is 36.2 Å². The molecule has 156 valence electrons. The van der Waals surface area contributed by atoms with Crippen molar-refractivity contribution in [3.8, 4) is 0 Å². The number of thioether (sulfide) groups is 1. The van der Waals surface area contributed by atoms with E-state index in [2.05, 4.69) is 5.32 Å². The predicted molar refractivity (Wildman–Crippen MR) is 114 cm³/mol. The number of benzene rings is 2. The van der Waals surface area contributed by atoms with Gasteiger partial charge in [0.1, 0.15) is 5.82 Å². The van der Waals surface area contributed by atoms with Gasteiger partial charge in [0, 0.05) is 24.9 Å². The van der Waals surface area contributed by atoms with Crippen LogP contribution in [-0.4, -0.2) is 46.6 Å². The van der Waals surface area contributed by atoms with Crippen molar-refractivity contribution in [2.24, 2.45) is 0 Å². The third kappa shape index (κ3) is 4.95. The quantitative estimate of drug-likeness (QED) is 0.632. The molecule has 3 amide bonds. The van der Waals surface area contributed by atoms with Crippen LogP contribution in [0.4, 0.5) is 10.1 Å². The maximum absolute atomic E-state index is 13.1. The molecule has 1 aliphatic heterocycles. The Labute approximate surface area is 177 Å². The summed E-state index contributed by atoms with van der Waals surface area (Å²) in [6.07, 6.45) is 0.407. The topological polar surface area (TPSA) is 86.7 Å². The van der Waals surface area contributed by atoms with Crippen LogP contribution in [0.5, 0.6) is 0 Å². The second-order valence-corrected chi connectivity index (χ2v) is 7.78. The molecule has 0 saturated carbocycles. The molecule has 0 unspecified atom stereocenters. The van der Waals surface area contributed by atoms with E-state index in [1.54, 1.807) is 36.4 Å². The molecule has 0 fully saturated rings. The summed E-state index contributed by atoms with van der Waals surface area (Å²) >= 11 is 1.14. The van der Waals surface area contributed by atoms with Gasteiger partial charge >= 0.3 is 0 Å². The van der Waals surface area contributed by atoms with Crippen molar-refractivity contribution >= 4 is 40.7 Å². The summed E-state index contributed by atoms with van der Waals surface area (Å²) in [7, 11) is 0. The van der Waals surface area contributed by atoms with Gasteiger partial charge in [-0.05, 0) is 41.8 Å². The molecule has 8 heteroatoms. The molecule has 0 aromatic heterocycles. The minimum atomic E-state index is -0.408. The summed E-state index contributed by atoms with van der Waals surface area (Å²) in [6, 6.07) is 12.6. The fourth-order valence-electron chi connectivity index (χ4n) is 3.11. The van der Waals surface area contributed by atoms with E-state index in [4.69, 9.17) is 0 Å². The van der Waals surface area contributed by atoms with Crippen LogP contribution < -0.4 is 5.32 Å². The van der Waals surface area contributed by atoms with E-state index in [1.165, 1.54) is 24.0 Å². The lowest BCUT2D eigenvalue weighted by molar-refractivity contribution is -0.136. The first kappa shape index (κ1) is 21.7. The fraction of sp³-hybridized carbons (Fsp3) is 0.227. The first-order chi connectivity index (χ1) is 14.4. The molecule has 0 atom stereocenters. The van der Waals surface area contributed by atoms with Gasteiger partial charge in [-0.15, -0.1) is 11.8 Å². The highest BCUT2D eigenvalue weighted by molar-refractivity contribution is 8.04. The van der Waals surface area contributed by atoms with E-state index in [0.29, 0.717) is 22.6 Å². The maximum Gasteiger partial charge on any atom is 0.267 e. The standard InChI is InChI=1S/C22H21FN2O4S/c1-14(27)24-18-8-4-16(5-9-18)19-20(30-13-12-26)22(29)25(21(19)28)11-10-15-2-6-17(23)7-3-15/h2-9,26H,10-13H2,1H3,(H,24,27). The van der Waals surface area contributed by atoms with Gasteiger partial charge in [0.2, 0.25) is 5.91 Å². The van der Waals surface area contributed by atoms with E-state index in [0.717, 1.165) is 17.3 Å². The van der Waals surface area contributed by atoms with Crippen molar-refractivity contribution in [3.63, 3.8) is 0 Å². The number of nitrogens with zero attached hydrogens (tertiary/aromatic N) is 1. The molecule has 0 bridgehead atoms. The van der Waals surface area contributed by atoms with Gasteiger partial charge in [-0.3, -0.25) is 19.3 Å². The van der Waals surface area contributed by atoms with Crippen molar-refractivity contribution in [1.82, 2.24) is 4.90 Å². The molecule has 2 aromatic rings. The number of imide groups is 1. The van der Waals surface area contributed by atoms with Crippen molar-refractivity contribution in [2.75, 3.05) is 24.2 Å². The Morgan fingerprint density at radius 2 is 1.73 bits per heavy atom. The second-order valence-electron chi connectivity index (χ2n) is 6.67. The highest BCUT2D eigenvalue weighted by atomic mass is 32.2. The number of anilines is 1. The molecule has 0 radical (unpaired) electrons. The Morgan fingerprint density at radius 1 is 1.07 bits per heavy atom. The number of rotatable bonds is 8. The second kappa shape index (κ2) is 9.69. The SMILES string of the molecule is CC(=O)Nc1ccc(C2=C(SCCO)C(=O)N(CCc3ccc(F)cc3)C2=O)cc1. The molecular weight excluding hydrogens is 407 g/mol. The molecule has 0 saturated heterocycles. The fourth-order valence-corrected chi connectivity index (χ4v) is 3.99. The molecule has 1 heterocycles. The zero-order valence-corrected chi connectivity index (χ0v) is 17.2. The highest BCUT2D eigenvalue weighted by Gasteiger charge is 2.38. The molecular formula is C22H21FN2O4S. The zero-order chi connectivity index (χ0) is 21.7. The van der Waals surface area contributed by atoms with Crippen LogP contribution in [0.2, 0.25) is 0 Å². The number of hydrogen-bond donors (Lipinski definition) is 2. The molecule has 0 spiro atoms. The molecule has 0 aliphatic carbocycles. The lowest BCUT2D eigenvalue weighted by atomic mass is 10.1. The predicted octanol–water partition coefficient (Wildman–Crippen LogP) is 2.83. The van der Waals surface area contributed by atoms with Crippen LogP contribution in [0.25, 0.3) is 5.57 Å². The van der Waals surface area contributed by atoms with E-state index in [9.17, 15) is 23.9 Å². The van der Waals surface area contributed by atoms with Crippen LogP contribution >= 0.6 is 11.8 Å². The lowest BCUT2D eigenvalue weighted by Gasteiger charge is -2.15. The Morgan fingerprint density at radius 3 is 2.33 bits per heavy atom. The van der Waals surface area contributed by atoms with E-state index >= 15 is 0 Å². The summed E-state index contributed by atoms with van der Waals surface area (Å²) < 4.78 is 13.1. The smallest absolute Gasteiger partial charge is 0.267 e. The van der Waals surface area contributed by atoms with Crippen LogP contribution in [0.15, 0.2) is 53.4 Å². The number of amides is 3. The maximum atomic E-state index is 13.1. The van der Waals surface area contributed by atoms with Crippen molar-refractivity contribution in [2.45, 2.75) is 13.3 Å². The van der Waals surface area contributed by atoms with Crippen LogP contribution in [0.3, 0.4) is 0 Å². The number of carbonyl (C=O) groups excluding carboxylic acids is 3. The Hall–Kier alpha value is -2.97. The molecule has 30 heavy (non-hydrogen) atoms. The molecule has 6 nitrogen and oxygen atoms in total. The lowest BCUT2D eigenvalue weighted by Crippen LogP contribution is -2.33. The van der Waals surface area contributed by atoms with Gasteiger partial charge in [-0.2, -0.15) is 0 Å². The van der Waals surface area contributed by atoms with Gasteiger partial charge in [0.25, 0.3) is 11.8 Å². The summed E-state index contributed by atoms with van der Waals surface area (Å²) in [4.78, 5) is 38.7. The minimum Gasteiger partial charge on any atom is -0.396 e. The first-order valence-electron chi connectivity index (χ1n) is 9.37. The molecule has 2 N–H and O–H groups in total. The summed E-state index contributed by atoms with van der Waals surface area (Å²) in [6.45, 7) is 1.44. The number of aliphatic hydroxyl groups excluding tert-OH is 1. The summed E-state index contributed by atoms with van der Waals surface area (Å²) in [5.41, 5.74) is 2.25.